The molecule has 3 aromatic rings. The summed E-state index contributed by atoms with van der Waals surface area (Å²) in [5.74, 6) is -0.465. The molecule has 1 aromatic heterocycles. The van der Waals surface area contributed by atoms with Gasteiger partial charge in [0.2, 0.25) is 9.84 Å². The Labute approximate surface area is 168 Å². The van der Waals surface area contributed by atoms with Gasteiger partial charge < -0.3 is 15.4 Å². The Bertz CT molecular complexity index is 1100. The maximum Gasteiger partial charge on any atom is 0.206 e. The van der Waals surface area contributed by atoms with E-state index in [1.54, 1.807) is 36.7 Å². The van der Waals surface area contributed by atoms with Crippen molar-refractivity contribution in [1.82, 2.24) is 10.3 Å². The van der Waals surface area contributed by atoms with E-state index in [9.17, 15) is 12.8 Å². The molecule has 0 bridgehead atoms. The summed E-state index contributed by atoms with van der Waals surface area (Å²) >= 11 is 0. The van der Waals surface area contributed by atoms with E-state index in [4.69, 9.17) is 10.1 Å². The topological polar surface area (TPSA) is 104 Å². The Kier molecular flexibility index (Phi) is 6.08. The van der Waals surface area contributed by atoms with Gasteiger partial charge in [-0.2, -0.15) is 0 Å². The number of rotatable bonds is 6. The SMILES string of the molecule is COc1cc(F)cc(S(=O)(=O)c2ccc(CNC(=N)Nc3ccncc3)cc2)c1. The fraction of sp³-hybridized carbons (Fsp3) is 0.100. The zero-order valence-electron chi connectivity index (χ0n) is 15.5. The number of benzene rings is 2. The summed E-state index contributed by atoms with van der Waals surface area (Å²) in [5, 5.41) is 13.7. The van der Waals surface area contributed by atoms with Gasteiger partial charge in [-0.1, -0.05) is 12.1 Å². The monoisotopic (exact) mass is 414 g/mol. The van der Waals surface area contributed by atoms with Crippen LogP contribution < -0.4 is 15.4 Å². The van der Waals surface area contributed by atoms with E-state index in [0.29, 0.717) is 6.54 Å². The van der Waals surface area contributed by atoms with Crippen LogP contribution >= 0.6 is 0 Å². The van der Waals surface area contributed by atoms with Crippen LogP contribution in [0.15, 0.2) is 76.8 Å². The van der Waals surface area contributed by atoms with Crippen LogP contribution in [0, 0.1) is 11.2 Å². The average Bonchev–Trinajstić information content (AvgIpc) is 2.73. The van der Waals surface area contributed by atoms with Crippen molar-refractivity contribution in [2.24, 2.45) is 0 Å². The predicted octanol–water partition coefficient (Wildman–Crippen LogP) is 3.20. The van der Waals surface area contributed by atoms with Gasteiger partial charge in [-0.15, -0.1) is 0 Å². The number of hydrogen-bond acceptors (Lipinski definition) is 5. The molecule has 0 radical (unpaired) electrons. The molecule has 0 fully saturated rings. The van der Waals surface area contributed by atoms with Crippen LogP contribution in [0.2, 0.25) is 0 Å². The largest absolute Gasteiger partial charge is 0.497 e. The summed E-state index contributed by atoms with van der Waals surface area (Å²) in [6.45, 7) is 0.324. The van der Waals surface area contributed by atoms with Crippen molar-refractivity contribution in [3.8, 4) is 5.75 Å². The van der Waals surface area contributed by atoms with E-state index in [-0.39, 0.29) is 21.5 Å². The molecule has 7 nitrogen and oxygen atoms in total. The average molecular weight is 414 g/mol. The minimum absolute atomic E-state index is 0.0406. The number of anilines is 1. The highest BCUT2D eigenvalue weighted by atomic mass is 32.2. The highest BCUT2D eigenvalue weighted by Gasteiger charge is 2.19. The van der Waals surface area contributed by atoms with Gasteiger partial charge in [0, 0.05) is 30.7 Å². The molecule has 0 aliphatic rings. The quantitative estimate of drug-likeness (QED) is 0.423. The number of methoxy groups -OCH3 is 1. The van der Waals surface area contributed by atoms with Crippen molar-refractivity contribution in [1.29, 1.82) is 5.41 Å². The Morgan fingerprint density at radius 1 is 1.07 bits per heavy atom. The second-order valence-corrected chi connectivity index (χ2v) is 8.01. The summed E-state index contributed by atoms with van der Waals surface area (Å²) in [4.78, 5) is 3.77. The molecule has 1 heterocycles. The number of aromatic nitrogens is 1. The Morgan fingerprint density at radius 3 is 2.41 bits per heavy atom. The van der Waals surface area contributed by atoms with E-state index in [2.05, 4.69) is 15.6 Å². The molecular weight excluding hydrogens is 395 g/mol. The minimum atomic E-state index is -3.88. The zero-order valence-corrected chi connectivity index (χ0v) is 16.3. The van der Waals surface area contributed by atoms with Crippen LogP contribution in [0.4, 0.5) is 10.1 Å². The lowest BCUT2D eigenvalue weighted by atomic mass is 10.2. The fourth-order valence-electron chi connectivity index (χ4n) is 2.55. The zero-order chi connectivity index (χ0) is 20.9. The first-order valence-corrected chi connectivity index (χ1v) is 10.0. The number of ether oxygens (including phenoxy) is 1. The molecule has 150 valence electrons. The molecule has 0 spiro atoms. The normalized spacial score (nSPS) is 11.0. The van der Waals surface area contributed by atoms with Crippen molar-refractivity contribution < 1.29 is 17.5 Å². The maximum absolute atomic E-state index is 13.7. The van der Waals surface area contributed by atoms with Crippen LogP contribution in [0.3, 0.4) is 0 Å². The van der Waals surface area contributed by atoms with E-state index in [1.165, 1.54) is 25.3 Å². The van der Waals surface area contributed by atoms with Crippen molar-refractivity contribution >= 4 is 21.5 Å². The molecule has 0 amide bonds. The summed E-state index contributed by atoms with van der Waals surface area (Å²) in [7, 11) is -2.54. The molecule has 3 rings (SSSR count). The predicted molar refractivity (Wildman–Crippen MR) is 107 cm³/mol. The van der Waals surface area contributed by atoms with Crippen molar-refractivity contribution in [2.45, 2.75) is 16.3 Å². The highest BCUT2D eigenvalue weighted by molar-refractivity contribution is 7.91. The molecule has 0 atom stereocenters. The molecule has 2 aromatic carbocycles. The highest BCUT2D eigenvalue weighted by Crippen LogP contribution is 2.26. The Morgan fingerprint density at radius 2 is 1.76 bits per heavy atom. The van der Waals surface area contributed by atoms with Gasteiger partial charge in [-0.25, -0.2) is 12.8 Å². The number of guanidine groups is 1. The number of hydrogen-bond donors (Lipinski definition) is 3. The number of sulfone groups is 1. The first-order chi connectivity index (χ1) is 13.9. The third-order valence-electron chi connectivity index (χ3n) is 4.04. The summed E-state index contributed by atoms with van der Waals surface area (Å²) in [6.07, 6.45) is 3.23. The van der Waals surface area contributed by atoms with E-state index in [1.807, 2.05) is 0 Å². The Hall–Kier alpha value is -3.46. The second kappa shape index (κ2) is 8.70. The number of halogens is 1. The van der Waals surface area contributed by atoms with Crippen LogP contribution in [0.5, 0.6) is 5.75 Å². The first-order valence-electron chi connectivity index (χ1n) is 8.56. The fourth-order valence-corrected chi connectivity index (χ4v) is 3.85. The first kappa shape index (κ1) is 20.3. The maximum atomic E-state index is 13.7. The second-order valence-electron chi connectivity index (χ2n) is 6.06. The van der Waals surface area contributed by atoms with Crippen LogP contribution in [0.1, 0.15) is 5.56 Å². The Balaban J connectivity index is 1.68. The van der Waals surface area contributed by atoms with Gasteiger partial charge in [0.05, 0.1) is 16.9 Å². The lowest BCUT2D eigenvalue weighted by molar-refractivity contribution is 0.409. The third-order valence-corrected chi connectivity index (χ3v) is 5.79. The number of nitrogens with one attached hydrogen (secondary N) is 3. The molecule has 0 aliphatic heterocycles. The van der Waals surface area contributed by atoms with Gasteiger partial charge in [0.15, 0.2) is 5.96 Å². The smallest absolute Gasteiger partial charge is 0.206 e. The standard InChI is InChI=1S/C20H19FN4O3S/c1-28-17-10-15(21)11-19(12-17)29(26,27)18-4-2-14(3-5-18)13-24-20(22)25-16-6-8-23-9-7-16/h2-12H,13H2,1H3,(H3,22,23,24,25). The van der Waals surface area contributed by atoms with Crippen LogP contribution in [0.25, 0.3) is 0 Å². The summed E-state index contributed by atoms with van der Waals surface area (Å²) in [6, 6.07) is 13.0. The molecule has 0 saturated heterocycles. The molecule has 0 saturated carbocycles. The van der Waals surface area contributed by atoms with Crippen molar-refractivity contribution in [2.75, 3.05) is 12.4 Å². The van der Waals surface area contributed by atoms with Crippen molar-refractivity contribution in [3.63, 3.8) is 0 Å². The van der Waals surface area contributed by atoms with Crippen LogP contribution in [-0.2, 0) is 16.4 Å². The van der Waals surface area contributed by atoms with Crippen molar-refractivity contribution in [3.05, 3.63) is 78.4 Å². The molecule has 29 heavy (non-hydrogen) atoms. The number of nitrogens with zero attached hydrogens (tertiary/aromatic N) is 1. The van der Waals surface area contributed by atoms with E-state index < -0.39 is 15.7 Å². The van der Waals surface area contributed by atoms with Crippen LogP contribution in [-0.4, -0.2) is 26.5 Å². The molecule has 0 unspecified atom stereocenters. The van der Waals surface area contributed by atoms with E-state index >= 15 is 0 Å². The molecule has 9 heteroatoms. The van der Waals surface area contributed by atoms with Gasteiger partial charge in [0.1, 0.15) is 11.6 Å². The van der Waals surface area contributed by atoms with Gasteiger partial charge in [0.25, 0.3) is 0 Å². The van der Waals surface area contributed by atoms with Gasteiger partial charge in [-0.3, -0.25) is 10.4 Å². The van der Waals surface area contributed by atoms with Gasteiger partial charge in [-0.05, 0) is 42.0 Å². The van der Waals surface area contributed by atoms with Gasteiger partial charge >= 0.3 is 0 Å². The minimum Gasteiger partial charge on any atom is -0.497 e. The van der Waals surface area contributed by atoms with E-state index in [0.717, 1.165) is 23.4 Å². The molecule has 3 N–H and O–H groups in total. The molecule has 0 aliphatic carbocycles. The number of pyridine rings is 1. The lowest BCUT2D eigenvalue weighted by Crippen LogP contribution is -2.29. The summed E-state index contributed by atoms with van der Waals surface area (Å²) < 4.78 is 44.1. The molecular formula is C20H19FN4O3S. The summed E-state index contributed by atoms with van der Waals surface area (Å²) in [5.41, 5.74) is 1.51. The third kappa shape index (κ3) is 5.08. The lowest BCUT2D eigenvalue weighted by Gasteiger charge is -2.11.